The van der Waals surface area contributed by atoms with Crippen molar-refractivity contribution in [1.29, 1.82) is 0 Å². The van der Waals surface area contributed by atoms with Crippen LogP contribution in [-0.2, 0) is 26.9 Å². The number of aryl methyl sites for hydroxylation is 1. The Kier molecular flexibility index (Phi) is 5.66. The van der Waals surface area contributed by atoms with Crippen LogP contribution in [-0.4, -0.2) is 34.8 Å². The number of amides is 1. The first-order valence-electron chi connectivity index (χ1n) is 9.71. The van der Waals surface area contributed by atoms with E-state index in [0.717, 1.165) is 28.5 Å². The first kappa shape index (κ1) is 24.0. The maximum atomic E-state index is 13.7. The standard InChI is InChI=1S/C21H17ClF3N3O5S/c1-12-7-14(22)9-15(8-12)27-18(29)20(2,28-17(34(30,31)32)11-26-19(27)28)10-13-3-5-16(6-4-13)33-21(23,24)25/h3-9,11H,10H2,1-2H3,(H,30,31,32)/t20-/m1/s1. The first-order valence-corrected chi connectivity index (χ1v) is 11.5. The Hall–Kier alpha value is -3.09. The number of rotatable bonds is 5. The zero-order chi connectivity index (χ0) is 25.1. The maximum absolute atomic E-state index is 13.7. The molecule has 4 rings (SSSR count). The summed E-state index contributed by atoms with van der Waals surface area (Å²) < 4.78 is 76.2. The van der Waals surface area contributed by atoms with E-state index in [9.17, 15) is 30.9 Å². The van der Waals surface area contributed by atoms with Crippen molar-refractivity contribution in [2.75, 3.05) is 4.90 Å². The molecule has 0 saturated carbocycles. The van der Waals surface area contributed by atoms with Crippen LogP contribution in [0.4, 0.5) is 24.8 Å². The molecule has 1 aliphatic heterocycles. The highest BCUT2D eigenvalue weighted by Crippen LogP contribution is 2.44. The van der Waals surface area contributed by atoms with Gasteiger partial charge in [0.15, 0.2) is 5.03 Å². The number of alkyl halides is 3. The topological polar surface area (TPSA) is 102 Å². The Morgan fingerprint density at radius 2 is 1.82 bits per heavy atom. The predicted molar refractivity (Wildman–Crippen MR) is 116 cm³/mol. The number of imidazole rings is 1. The van der Waals surface area contributed by atoms with Gasteiger partial charge < -0.3 is 4.74 Å². The molecule has 0 saturated heterocycles. The molecule has 3 aromatic rings. The van der Waals surface area contributed by atoms with Gasteiger partial charge >= 0.3 is 16.5 Å². The number of benzene rings is 2. The largest absolute Gasteiger partial charge is 0.573 e. The van der Waals surface area contributed by atoms with E-state index in [0.29, 0.717) is 16.3 Å². The fourth-order valence-electron chi connectivity index (χ4n) is 4.00. The summed E-state index contributed by atoms with van der Waals surface area (Å²) in [7, 11) is -4.77. The minimum absolute atomic E-state index is 0.0567. The molecule has 8 nitrogen and oxygen atoms in total. The fourth-order valence-corrected chi connectivity index (χ4v) is 4.98. The number of fused-ring (bicyclic) bond motifs is 1. The van der Waals surface area contributed by atoms with Gasteiger partial charge in [-0.2, -0.15) is 8.42 Å². The van der Waals surface area contributed by atoms with Gasteiger partial charge in [-0.25, -0.2) is 9.88 Å². The molecule has 0 fully saturated rings. The van der Waals surface area contributed by atoms with Crippen molar-refractivity contribution in [3.63, 3.8) is 0 Å². The predicted octanol–water partition coefficient (Wildman–Crippen LogP) is 4.63. The Morgan fingerprint density at radius 3 is 2.38 bits per heavy atom. The molecule has 2 heterocycles. The van der Waals surface area contributed by atoms with Crippen LogP contribution >= 0.6 is 11.6 Å². The highest BCUT2D eigenvalue weighted by atomic mass is 35.5. The molecule has 0 radical (unpaired) electrons. The molecule has 1 aromatic heterocycles. The first-order chi connectivity index (χ1) is 15.7. The van der Waals surface area contributed by atoms with Crippen LogP contribution < -0.4 is 9.64 Å². The van der Waals surface area contributed by atoms with Crippen molar-refractivity contribution < 1.29 is 35.7 Å². The van der Waals surface area contributed by atoms with Gasteiger partial charge in [0.1, 0.15) is 11.3 Å². The number of carbonyl (C=O) groups excluding carboxylic acids is 1. The molecule has 2 aromatic carbocycles. The number of nitrogens with zero attached hydrogens (tertiary/aromatic N) is 3. The third-order valence-corrected chi connectivity index (χ3v) is 6.36. The van der Waals surface area contributed by atoms with E-state index in [1.807, 2.05) is 0 Å². The van der Waals surface area contributed by atoms with Crippen molar-refractivity contribution in [1.82, 2.24) is 9.55 Å². The summed E-state index contributed by atoms with van der Waals surface area (Å²) >= 11 is 6.15. The Labute approximate surface area is 197 Å². The Balaban J connectivity index is 1.81. The molecule has 1 N–H and O–H groups in total. The van der Waals surface area contributed by atoms with Crippen LogP contribution in [0.5, 0.6) is 5.75 Å². The molecule has 180 valence electrons. The summed E-state index contributed by atoms with van der Waals surface area (Å²) in [5, 5.41) is -0.263. The van der Waals surface area contributed by atoms with Gasteiger partial charge in [-0.3, -0.25) is 13.9 Å². The number of carbonyl (C=O) groups is 1. The van der Waals surface area contributed by atoms with Crippen molar-refractivity contribution in [3.05, 3.63) is 64.8 Å². The molecular formula is C21H17ClF3N3O5S. The van der Waals surface area contributed by atoms with Crippen LogP contribution in [0.15, 0.2) is 53.7 Å². The van der Waals surface area contributed by atoms with Crippen LogP contribution in [0.3, 0.4) is 0 Å². The maximum Gasteiger partial charge on any atom is 0.573 e. The average Bonchev–Trinajstić information content (AvgIpc) is 3.21. The normalized spacial score (nSPS) is 18.3. The van der Waals surface area contributed by atoms with Crippen LogP contribution in [0.25, 0.3) is 0 Å². The number of anilines is 2. The molecular weight excluding hydrogens is 499 g/mol. The van der Waals surface area contributed by atoms with Crippen molar-refractivity contribution in [2.45, 2.75) is 37.2 Å². The molecule has 0 unspecified atom stereocenters. The lowest BCUT2D eigenvalue weighted by Crippen LogP contribution is -2.42. The van der Waals surface area contributed by atoms with Gasteiger partial charge in [0.2, 0.25) is 5.95 Å². The van der Waals surface area contributed by atoms with Gasteiger partial charge in [0.25, 0.3) is 5.91 Å². The molecule has 1 amide bonds. The Bertz CT molecular complexity index is 1370. The average molecular weight is 516 g/mol. The molecule has 0 spiro atoms. The monoisotopic (exact) mass is 515 g/mol. The lowest BCUT2D eigenvalue weighted by Gasteiger charge is -2.26. The minimum Gasteiger partial charge on any atom is -0.406 e. The Morgan fingerprint density at radius 1 is 1.18 bits per heavy atom. The molecule has 0 bridgehead atoms. The van der Waals surface area contributed by atoms with Gasteiger partial charge in [0, 0.05) is 11.4 Å². The van der Waals surface area contributed by atoms with E-state index < -0.39 is 38.7 Å². The highest BCUT2D eigenvalue weighted by Gasteiger charge is 2.51. The van der Waals surface area contributed by atoms with E-state index in [-0.39, 0.29) is 12.4 Å². The summed E-state index contributed by atoms with van der Waals surface area (Å²) in [5.41, 5.74) is -0.117. The van der Waals surface area contributed by atoms with Gasteiger partial charge in [-0.1, -0.05) is 23.7 Å². The highest BCUT2D eigenvalue weighted by molar-refractivity contribution is 7.85. The summed E-state index contributed by atoms with van der Waals surface area (Å²) in [4.78, 5) is 18.9. The van der Waals surface area contributed by atoms with Crippen LogP contribution in [0.2, 0.25) is 5.02 Å². The number of hydrogen-bond acceptors (Lipinski definition) is 5. The lowest BCUT2D eigenvalue weighted by atomic mass is 9.92. The summed E-state index contributed by atoms with van der Waals surface area (Å²) in [6.07, 6.45) is -4.05. The minimum atomic E-state index is -4.86. The number of hydrogen-bond donors (Lipinski definition) is 1. The van der Waals surface area contributed by atoms with E-state index in [2.05, 4.69) is 9.72 Å². The molecule has 1 atom stereocenters. The third kappa shape index (κ3) is 4.36. The van der Waals surface area contributed by atoms with E-state index >= 15 is 0 Å². The number of ether oxygens (including phenoxy) is 1. The quantitative estimate of drug-likeness (QED) is 0.497. The van der Waals surface area contributed by atoms with Gasteiger partial charge in [-0.15, -0.1) is 13.2 Å². The molecule has 0 aliphatic carbocycles. The van der Waals surface area contributed by atoms with Crippen molar-refractivity contribution in [2.24, 2.45) is 0 Å². The third-order valence-electron chi connectivity index (χ3n) is 5.32. The van der Waals surface area contributed by atoms with Crippen molar-refractivity contribution in [3.8, 4) is 5.75 Å². The second-order valence-electron chi connectivity index (χ2n) is 7.98. The lowest BCUT2D eigenvalue weighted by molar-refractivity contribution is -0.274. The van der Waals surface area contributed by atoms with Gasteiger partial charge in [0.05, 0.1) is 11.9 Å². The van der Waals surface area contributed by atoms with E-state index in [1.54, 1.807) is 19.1 Å². The molecule has 13 heteroatoms. The zero-order valence-corrected chi connectivity index (χ0v) is 19.2. The second kappa shape index (κ2) is 8.00. The van der Waals surface area contributed by atoms with E-state index in [4.69, 9.17) is 11.6 Å². The van der Waals surface area contributed by atoms with Crippen molar-refractivity contribution >= 4 is 39.3 Å². The van der Waals surface area contributed by atoms with Crippen LogP contribution in [0.1, 0.15) is 18.1 Å². The zero-order valence-electron chi connectivity index (χ0n) is 17.7. The SMILES string of the molecule is Cc1cc(Cl)cc(N2C(=O)[C@@](C)(Cc3ccc(OC(F)(F)F)cc3)n3c(S(=O)(=O)O)cnc32)c1. The summed E-state index contributed by atoms with van der Waals surface area (Å²) in [6.45, 7) is 3.21. The fraction of sp³-hybridized carbons (Fsp3) is 0.238. The number of aromatic nitrogens is 2. The second-order valence-corrected chi connectivity index (χ2v) is 9.78. The summed E-state index contributed by atoms with van der Waals surface area (Å²) in [6, 6.07) is 9.67. The summed E-state index contributed by atoms with van der Waals surface area (Å²) in [5.74, 6) is -1.08. The number of halogens is 4. The molecule has 34 heavy (non-hydrogen) atoms. The van der Waals surface area contributed by atoms with Crippen LogP contribution in [0, 0.1) is 6.92 Å². The smallest absolute Gasteiger partial charge is 0.406 e. The van der Waals surface area contributed by atoms with Gasteiger partial charge in [-0.05, 0) is 55.3 Å². The van der Waals surface area contributed by atoms with E-state index in [1.165, 1.54) is 30.0 Å². The molecule has 1 aliphatic rings.